The van der Waals surface area contributed by atoms with Gasteiger partial charge in [-0.05, 0) is 6.07 Å². The van der Waals surface area contributed by atoms with Gasteiger partial charge in [0.1, 0.15) is 5.75 Å². The first-order chi connectivity index (χ1) is 9.20. The minimum atomic E-state index is -0.265. The average Bonchev–Trinajstić information content (AvgIpc) is 2.81. The predicted molar refractivity (Wildman–Crippen MR) is 71.3 cm³/mol. The zero-order chi connectivity index (χ0) is 13.4. The second-order valence-electron chi connectivity index (χ2n) is 4.30. The summed E-state index contributed by atoms with van der Waals surface area (Å²) >= 11 is 1.53. The fourth-order valence-corrected chi connectivity index (χ4v) is 3.33. The van der Waals surface area contributed by atoms with E-state index in [9.17, 15) is 9.59 Å². The van der Waals surface area contributed by atoms with E-state index in [1.807, 2.05) is 12.1 Å². The van der Waals surface area contributed by atoms with E-state index in [0.29, 0.717) is 17.9 Å². The zero-order valence-corrected chi connectivity index (χ0v) is 11.1. The lowest BCUT2D eigenvalue weighted by Gasteiger charge is -2.21. The lowest BCUT2D eigenvalue weighted by atomic mass is 9.98. The number of benzene rings is 1. The Bertz CT molecular complexity index is 598. The number of nitrogens with one attached hydrogen (secondary N) is 1. The fraction of sp³-hybridized carbons (Fsp3) is 0.308. The Labute approximate surface area is 114 Å². The molecule has 0 fully saturated rings. The van der Waals surface area contributed by atoms with Gasteiger partial charge in [-0.2, -0.15) is 5.10 Å². The molecule has 19 heavy (non-hydrogen) atoms. The number of hydrogen-bond donors (Lipinski definition) is 1. The summed E-state index contributed by atoms with van der Waals surface area (Å²) in [5.74, 6) is 0.644. The highest BCUT2D eigenvalue weighted by Gasteiger charge is 2.36. The summed E-state index contributed by atoms with van der Waals surface area (Å²) in [6, 6.07) is 5.48. The number of carbonyl (C=O) groups excluding carboxylic acids is 2. The van der Waals surface area contributed by atoms with Crippen LogP contribution in [0.3, 0.4) is 0 Å². The van der Waals surface area contributed by atoms with Crippen LogP contribution in [0.25, 0.3) is 0 Å². The fourth-order valence-electron chi connectivity index (χ4n) is 2.11. The Morgan fingerprint density at radius 3 is 3.21 bits per heavy atom. The summed E-state index contributed by atoms with van der Waals surface area (Å²) in [4.78, 5) is 23.9. The van der Waals surface area contributed by atoms with E-state index in [1.165, 1.54) is 11.8 Å². The molecule has 1 atom stereocenters. The van der Waals surface area contributed by atoms with Gasteiger partial charge in [-0.3, -0.25) is 9.59 Å². The van der Waals surface area contributed by atoms with Crippen molar-refractivity contribution in [3.63, 3.8) is 0 Å². The molecule has 0 radical (unpaired) electrons. The van der Waals surface area contributed by atoms with Crippen molar-refractivity contribution >= 4 is 29.4 Å². The molecule has 0 spiro atoms. The smallest absolute Gasteiger partial charge is 0.310 e. The van der Waals surface area contributed by atoms with Crippen LogP contribution >= 0.6 is 11.8 Å². The van der Waals surface area contributed by atoms with Crippen LogP contribution in [0.5, 0.6) is 5.75 Å². The number of thioether (sulfide) groups is 1. The van der Waals surface area contributed by atoms with E-state index in [4.69, 9.17) is 4.74 Å². The van der Waals surface area contributed by atoms with Crippen molar-refractivity contribution in [1.82, 2.24) is 5.43 Å². The molecule has 0 saturated carbocycles. The van der Waals surface area contributed by atoms with Gasteiger partial charge in [0.2, 0.25) is 5.91 Å². The molecule has 0 saturated heterocycles. The Hall–Kier alpha value is -1.82. The van der Waals surface area contributed by atoms with Crippen LogP contribution < -0.4 is 10.2 Å². The van der Waals surface area contributed by atoms with Gasteiger partial charge in [0.15, 0.2) is 0 Å². The third-order valence-corrected chi connectivity index (χ3v) is 4.30. The van der Waals surface area contributed by atoms with E-state index in [1.54, 1.807) is 13.0 Å². The summed E-state index contributed by atoms with van der Waals surface area (Å²) in [5, 5.41) is 4.08. The van der Waals surface area contributed by atoms with Crippen LogP contribution in [0.15, 0.2) is 28.2 Å². The first kappa shape index (κ1) is 12.2. The van der Waals surface area contributed by atoms with Gasteiger partial charge >= 0.3 is 5.97 Å². The van der Waals surface area contributed by atoms with Gasteiger partial charge in [-0.15, -0.1) is 11.8 Å². The third kappa shape index (κ3) is 2.02. The number of hydrogen-bond acceptors (Lipinski definition) is 5. The zero-order valence-electron chi connectivity index (χ0n) is 10.3. The standard InChI is InChI=1S/C13H12N2O3S/c1-2-10(16)18-9-5-3-4-7-11-8(6-19-12(7)9)13(17)15-14-11/h3-5,8H,2,6H2,1H3,(H,15,17). The minimum Gasteiger partial charge on any atom is -0.425 e. The van der Waals surface area contributed by atoms with Crippen molar-refractivity contribution in [2.75, 3.05) is 5.75 Å². The number of hydrazone groups is 1. The van der Waals surface area contributed by atoms with E-state index in [-0.39, 0.29) is 17.8 Å². The van der Waals surface area contributed by atoms with Crippen molar-refractivity contribution in [2.45, 2.75) is 18.2 Å². The SMILES string of the molecule is CCC(=O)Oc1cccc2c1SCC1C(=O)NN=C21. The molecule has 1 unspecified atom stereocenters. The number of amides is 1. The lowest BCUT2D eigenvalue weighted by Crippen LogP contribution is -2.28. The van der Waals surface area contributed by atoms with Crippen LogP contribution in [0.1, 0.15) is 18.9 Å². The van der Waals surface area contributed by atoms with Crippen molar-refractivity contribution in [3.8, 4) is 5.75 Å². The Morgan fingerprint density at radius 1 is 1.58 bits per heavy atom. The lowest BCUT2D eigenvalue weighted by molar-refractivity contribution is -0.134. The Morgan fingerprint density at radius 2 is 2.42 bits per heavy atom. The van der Waals surface area contributed by atoms with Crippen LogP contribution in [-0.4, -0.2) is 23.3 Å². The van der Waals surface area contributed by atoms with Gasteiger partial charge < -0.3 is 4.74 Å². The van der Waals surface area contributed by atoms with Crippen LogP contribution in [0.2, 0.25) is 0 Å². The molecule has 0 aliphatic carbocycles. The maximum atomic E-state index is 11.6. The first-order valence-corrected chi connectivity index (χ1v) is 7.03. The van der Waals surface area contributed by atoms with E-state index < -0.39 is 0 Å². The summed E-state index contributed by atoms with van der Waals surface area (Å²) in [6.45, 7) is 1.75. The normalized spacial score (nSPS) is 20.2. The largest absolute Gasteiger partial charge is 0.425 e. The molecule has 98 valence electrons. The molecule has 6 heteroatoms. The number of nitrogens with zero attached hydrogens (tertiary/aromatic N) is 1. The number of fused-ring (bicyclic) bond motifs is 3. The van der Waals surface area contributed by atoms with Gasteiger partial charge in [-0.25, -0.2) is 5.43 Å². The van der Waals surface area contributed by atoms with Crippen molar-refractivity contribution < 1.29 is 14.3 Å². The highest BCUT2D eigenvalue weighted by Crippen LogP contribution is 2.40. The summed E-state index contributed by atoms with van der Waals surface area (Å²) in [6.07, 6.45) is 0.331. The molecule has 2 heterocycles. The van der Waals surface area contributed by atoms with E-state index in [2.05, 4.69) is 10.5 Å². The topological polar surface area (TPSA) is 67.8 Å². The van der Waals surface area contributed by atoms with Gasteiger partial charge in [0.25, 0.3) is 0 Å². The molecule has 2 aliphatic heterocycles. The van der Waals surface area contributed by atoms with Crippen LogP contribution in [0.4, 0.5) is 0 Å². The summed E-state index contributed by atoms with van der Waals surface area (Å²) < 4.78 is 5.32. The first-order valence-electron chi connectivity index (χ1n) is 6.05. The maximum Gasteiger partial charge on any atom is 0.310 e. The van der Waals surface area contributed by atoms with Gasteiger partial charge in [0.05, 0.1) is 16.5 Å². The van der Waals surface area contributed by atoms with E-state index in [0.717, 1.165) is 16.2 Å². The monoisotopic (exact) mass is 276 g/mol. The van der Waals surface area contributed by atoms with Gasteiger partial charge in [-0.1, -0.05) is 19.1 Å². The molecule has 1 aromatic carbocycles. The Balaban J connectivity index is 2.00. The molecule has 0 aromatic heterocycles. The van der Waals surface area contributed by atoms with Crippen LogP contribution in [-0.2, 0) is 9.59 Å². The average molecular weight is 276 g/mol. The second-order valence-corrected chi connectivity index (χ2v) is 5.33. The molecular formula is C13H12N2O3S. The molecule has 5 nitrogen and oxygen atoms in total. The highest BCUT2D eigenvalue weighted by atomic mass is 32.2. The van der Waals surface area contributed by atoms with Crippen molar-refractivity contribution in [1.29, 1.82) is 0 Å². The quantitative estimate of drug-likeness (QED) is 0.657. The molecule has 1 aromatic rings. The molecule has 1 N–H and O–H groups in total. The molecule has 3 rings (SSSR count). The number of esters is 1. The maximum absolute atomic E-state index is 11.6. The number of ether oxygens (including phenoxy) is 1. The van der Waals surface area contributed by atoms with Crippen LogP contribution in [0, 0.1) is 5.92 Å². The number of carbonyl (C=O) groups is 2. The van der Waals surface area contributed by atoms with E-state index >= 15 is 0 Å². The molecule has 0 bridgehead atoms. The van der Waals surface area contributed by atoms with Crippen molar-refractivity contribution in [2.24, 2.45) is 11.0 Å². The van der Waals surface area contributed by atoms with Gasteiger partial charge in [0, 0.05) is 17.7 Å². The predicted octanol–water partition coefficient (Wildman–Crippen LogP) is 1.56. The second kappa shape index (κ2) is 4.70. The summed E-state index contributed by atoms with van der Waals surface area (Å²) in [7, 11) is 0. The summed E-state index contributed by atoms with van der Waals surface area (Å²) in [5.41, 5.74) is 4.12. The number of rotatable bonds is 2. The molecular weight excluding hydrogens is 264 g/mol. The minimum absolute atomic E-state index is 0.0656. The Kier molecular flexibility index (Phi) is 3.02. The highest BCUT2D eigenvalue weighted by molar-refractivity contribution is 7.99. The molecule has 2 aliphatic rings. The van der Waals surface area contributed by atoms with Crippen molar-refractivity contribution in [3.05, 3.63) is 23.8 Å². The molecule has 1 amide bonds. The third-order valence-electron chi connectivity index (χ3n) is 3.09.